The van der Waals surface area contributed by atoms with Gasteiger partial charge in [-0.05, 0) is 35.2 Å². The first-order valence-corrected chi connectivity index (χ1v) is 12.6. The van der Waals surface area contributed by atoms with Crippen molar-refractivity contribution in [1.82, 2.24) is 4.98 Å². The number of ether oxygens (including phenoxy) is 1. The van der Waals surface area contributed by atoms with Crippen LogP contribution in [0.2, 0.25) is 15.1 Å². The average molecular weight is 560 g/mol. The third kappa shape index (κ3) is 5.59. The van der Waals surface area contributed by atoms with Crippen LogP contribution in [0.4, 0.5) is 17.2 Å². The Balaban J connectivity index is 1.74. The van der Waals surface area contributed by atoms with Gasteiger partial charge in [0.25, 0.3) is 11.8 Å². The first-order chi connectivity index (χ1) is 16.4. The molecule has 0 unspecified atom stereocenters. The maximum absolute atomic E-state index is 13.3. The number of pyridine rings is 1. The van der Waals surface area contributed by atoms with Crippen molar-refractivity contribution >= 4 is 86.7 Å². The van der Waals surface area contributed by atoms with E-state index in [2.05, 4.69) is 15.6 Å². The standard InChI is InChI=1S/C22H18Cl4N4O3S/c23-9-12-11-34-20(18(12)26)22(32)29-19-15(21(31)28-17-2-1-13(24)10-27-17)7-14(25)8-16(19)30-3-5-33-6-4-30/h1-2,7-8,10-11H,3-6,9H2,(H,29,32)(H,27,28,31). The van der Waals surface area contributed by atoms with E-state index < -0.39 is 11.8 Å². The summed E-state index contributed by atoms with van der Waals surface area (Å²) in [7, 11) is 0. The minimum Gasteiger partial charge on any atom is -0.378 e. The molecule has 1 aliphatic rings. The van der Waals surface area contributed by atoms with Gasteiger partial charge >= 0.3 is 0 Å². The van der Waals surface area contributed by atoms with Gasteiger partial charge < -0.3 is 20.3 Å². The fraction of sp³-hybridized carbons (Fsp3) is 0.227. The van der Waals surface area contributed by atoms with Crippen LogP contribution in [-0.2, 0) is 10.6 Å². The molecule has 3 heterocycles. The normalized spacial score (nSPS) is 13.6. The molecule has 4 rings (SSSR count). The van der Waals surface area contributed by atoms with E-state index in [1.54, 1.807) is 23.6 Å². The zero-order chi connectivity index (χ0) is 24.2. The molecule has 7 nitrogen and oxygen atoms in total. The smallest absolute Gasteiger partial charge is 0.267 e. The van der Waals surface area contributed by atoms with Gasteiger partial charge in [0, 0.05) is 30.2 Å². The molecular formula is C22H18Cl4N4O3S. The topological polar surface area (TPSA) is 83.6 Å². The first kappa shape index (κ1) is 25.0. The SMILES string of the molecule is O=C(Nc1ccc(Cl)cn1)c1cc(Cl)cc(N2CCOCC2)c1NC(=O)c1scc(CCl)c1Cl. The van der Waals surface area contributed by atoms with Crippen molar-refractivity contribution in [3.05, 3.63) is 66.9 Å². The van der Waals surface area contributed by atoms with Crippen LogP contribution in [0.1, 0.15) is 25.6 Å². The second-order valence-electron chi connectivity index (χ2n) is 7.25. The lowest BCUT2D eigenvalue weighted by atomic mass is 10.1. The van der Waals surface area contributed by atoms with Crippen LogP contribution < -0.4 is 15.5 Å². The second-order valence-corrected chi connectivity index (χ2v) is 9.65. The molecule has 1 aromatic carbocycles. The van der Waals surface area contributed by atoms with Crippen LogP contribution in [-0.4, -0.2) is 43.1 Å². The maximum Gasteiger partial charge on any atom is 0.267 e. The van der Waals surface area contributed by atoms with Gasteiger partial charge in [-0.2, -0.15) is 0 Å². The van der Waals surface area contributed by atoms with E-state index in [-0.39, 0.29) is 16.5 Å². The van der Waals surface area contributed by atoms with Crippen molar-refractivity contribution in [2.24, 2.45) is 0 Å². The van der Waals surface area contributed by atoms with E-state index in [0.717, 1.165) is 0 Å². The van der Waals surface area contributed by atoms with Crippen LogP contribution in [0.3, 0.4) is 0 Å². The number of carbonyl (C=O) groups excluding carboxylic acids is 2. The van der Waals surface area contributed by atoms with Crippen LogP contribution in [0.25, 0.3) is 0 Å². The van der Waals surface area contributed by atoms with Crippen molar-refractivity contribution in [2.75, 3.05) is 41.8 Å². The zero-order valence-electron chi connectivity index (χ0n) is 17.5. The Morgan fingerprint density at radius 1 is 1.06 bits per heavy atom. The number of rotatable bonds is 6. The van der Waals surface area contributed by atoms with Crippen LogP contribution >= 0.6 is 57.7 Å². The highest BCUT2D eigenvalue weighted by atomic mass is 35.5. The Hall–Kier alpha value is -2.07. The molecule has 0 atom stereocenters. The number of anilines is 3. The number of nitrogens with zero attached hydrogens (tertiary/aromatic N) is 2. The van der Waals surface area contributed by atoms with Gasteiger partial charge in [0.1, 0.15) is 10.7 Å². The summed E-state index contributed by atoms with van der Waals surface area (Å²) in [5, 5.41) is 8.39. The van der Waals surface area contributed by atoms with E-state index >= 15 is 0 Å². The van der Waals surface area contributed by atoms with Crippen molar-refractivity contribution in [3.63, 3.8) is 0 Å². The molecular weight excluding hydrogens is 542 g/mol. The molecule has 0 aliphatic carbocycles. The summed E-state index contributed by atoms with van der Waals surface area (Å²) < 4.78 is 5.45. The summed E-state index contributed by atoms with van der Waals surface area (Å²) in [6.07, 6.45) is 1.42. The molecule has 1 fully saturated rings. The second kappa shape index (κ2) is 11.1. The molecule has 0 saturated carbocycles. The largest absolute Gasteiger partial charge is 0.378 e. The number of nitrogens with one attached hydrogen (secondary N) is 2. The van der Waals surface area contributed by atoms with Crippen molar-refractivity contribution < 1.29 is 14.3 Å². The molecule has 12 heteroatoms. The highest BCUT2D eigenvalue weighted by Crippen LogP contribution is 2.36. The molecule has 34 heavy (non-hydrogen) atoms. The van der Waals surface area contributed by atoms with Gasteiger partial charge in [0.15, 0.2) is 0 Å². The molecule has 2 N–H and O–H groups in total. The monoisotopic (exact) mass is 558 g/mol. The summed E-state index contributed by atoms with van der Waals surface area (Å²) in [5.74, 6) is -0.472. The highest BCUT2D eigenvalue weighted by Gasteiger charge is 2.25. The molecule has 3 aromatic rings. The number of hydrogen-bond acceptors (Lipinski definition) is 6. The van der Waals surface area contributed by atoms with Gasteiger partial charge in [-0.3, -0.25) is 9.59 Å². The number of amides is 2. The Labute approximate surface area is 219 Å². The lowest BCUT2D eigenvalue weighted by Gasteiger charge is -2.31. The molecule has 2 aromatic heterocycles. The van der Waals surface area contributed by atoms with E-state index in [4.69, 9.17) is 51.1 Å². The zero-order valence-corrected chi connectivity index (χ0v) is 21.4. The Kier molecular flexibility index (Phi) is 8.18. The van der Waals surface area contributed by atoms with Gasteiger partial charge in [-0.1, -0.05) is 34.8 Å². The van der Waals surface area contributed by atoms with E-state index in [0.29, 0.717) is 64.0 Å². The molecule has 1 saturated heterocycles. The van der Waals surface area contributed by atoms with Gasteiger partial charge in [0.2, 0.25) is 0 Å². The Morgan fingerprint density at radius 3 is 2.47 bits per heavy atom. The minimum atomic E-state index is -0.499. The van der Waals surface area contributed by atoms with E-state index in [1.165, 1.54) is 23.6 Å². The molecule has 0 radical (unpaired) electrons. The fourth-order valence-corrected chi connectivity index (χ4v) is 5.34. The molecule has 178 valence electrons. The molecule has 2 amide bonds. The van der Waals surface area contributed by atoms with Crippen molar-refractivity contribution in [1.29, 1.82) is 0 Å². The molecule has 0 bridgehead atoms. The van der Waals surface area contributed by atoms with E-state index in [1.807, 2.05) is 4.90 Å². The number of hydrogen-bond donors (Lipinski definition) is 2. The third-order valence-electron chi connectivity index (χ3n) is 5.04. The van der Waals surface area contributed by atoms with E-state index in [9.17, 15) is 9.59 Å². The number of aromatic nitrogens is 1. The van der Waals surface area contributed by atoms with Crippen molar-refractivity contribution in [2.45, 2.75) is 5.88 Å². The summed E-state index contributed by atoms with van der Waals surface area (Å²) in [5.41, 5.74) is 1.74. The number of morpholine rings is 1. The average Bonchev–Trinajstić information content (AvgIpc) is 3.22. The summed E-state index contributed by atoms with van der Waals surface area (Å²) >= 11 is 25.7. The fourth-order valence-electron chi connectivity index (χ4n) is 3.38. The number of thiophene rings is 1. The number of alkyl halides is 1. The molecule has 0 spiro atoms. The quantitative estimate of drug-likeness (QED) is 0.352. The Morgan fingerprint density at radius 2 is 1.82 bits per heavy atom. The van der Waals surface area contributed by atoms with Crippen molar-refractivity contribution in [3.8, 4) is 0 Å². The van der Waals surface area contributed by atoms with Crippen LogP contribution in [0.15, 0.2) is 35.8 Å². The van der Waals surface area contributed by atoms with Gasteiger partial charge in [-0.25, -0.2) is 4.98 Å². The predicted octanol–water partition coefficient (Wildman–Crippen LogP) is 6.18. The summed E-state index contributed by atoms with van der Waals surface area (Å²) in [6, 6.07) is 6.38. The minimum absolute atomic E-state index is 0.171. The first-order valence-electron chi connectivity index (χ1n) is 10.1. The molecule has 1 aliphatic heterocycles. The predicted molar refractivity (Wildman–Crippen MR) is 139 cm³/mol. The number of carbonyl (C=O) groups is 2. The summed E-state index contributed by atoms with van der Waals surface area (Å²) in [6.45, 7) is 2.15. The van der Waals surface area contributed by atoms with Gasteiger partial charge in [-0.15, -0.1) is 22.9 Å². The Bertz CT molecular complexity index is 1210. The van der Waals surface area contributed by atoms with Crippen LogP contribution in [0.5, 0.6) is 0 Å². The lowest BCUT2D eigenvalue weighted by molar-refractivity contribution is 0.102. The number of halogens is 4. The number of benzene rings is 1. The van der Waals surface area contributed by atoms with Crippen LogP contribution in [0, 0.1) is 0 Å². The lowest BCUT2D eigenvalue weighted by Crippen LogP contribution is -2.37. The third-order valence-corrected chi connectivity index (χ3v) is 7.34. The maximum atomic E-state index is 13.3. The summed E-state index contributed by atoms with van der Waals surface area (Å²) in [4.78, 5) is 32.9. The highest BCUT2D eigenvalue weighted by molar-refractivity contribution is 7.13. The van der Waals surface area contributed by atoms with Gasteiger partial charge in [0.05, 0.1) is 40.2 Å².